The Labute approximate surface area is 130 Å². The highest BCUT2D eigenvalue weighted by molar-refractivity contribution is 7.89. The Bertz CT molecular complexity index is 589. The van der Waals surface area contributed by atoms with Crippen molar-refractivity contribution in [2.24, 2.45) is 5.41 Å². The molecule has 112 valence electrons. The molecule has 3 nitrogen and oxygen atoms in total. The lowest BCUT2D eigenvalue weighted by Crippen LogP contribution is -2.41. The smallest absolute Gasteiger partial charge is 0.207 e. The van der Waals surface area contributed by atoms with Gasteiger partial charge in [0.25, 0.3) is 0 Å². The summed E-state index contributed by atoms with van der Waals surface area (Å²) in [7, 11) is -3.45. The van der Waals surface area contributed by atoms with Crippen LogP contribution in [0.2, 0.25) is 5.02 Å². The predicted octanol–water partition coefficient (Wildman–Crippen LogP) is 3.89. The maximum atomic E-state index is 12.6. The zero-order valence-electron chi connectivity index (χ0n) is 11.7. The van der Waals surface area contributed by atoms with E-state index in [0.29, 0.717) is 18.1 Å². The minimum atomic E-state index is -3.45. The highest BCUT2D eigenvalue weighted by Gasteiger charge is 2.32. The van der Waals surface area contributed by atoms with Gasteiger partial charge in [0.05, 0.1) is 4.90 Å². The van der Waals surface area contributed by atoms with Crippen LogP contribution in [0.5, 0.6) is 0 Å². The summed E-state index contributed by atoms with van der Waals surface area (Å²) < 4.78 is 26.7. The van der Waals surface area contributed by atoms with E-state index in [2.05, 4.69) is 13.8 Å². The fourth-order valence-electron chi connectivity index (χ4n) is 2.28. The maximum absolute atomic E-state index is 12.6. The Hall–Kier alpha value is -0.290. The number of nitrogens with zero attached hydrogens (tertiary/aromatic N) is 1. The number of benzene rings is 1. The third-order valence-electron chi connectivity index (χ3n) is 3.88. The minimum absolute atomic E-state index is 0.214. The maximum Gasteiger partial charge on any atom is 0.243 e. The summed E-state index contributed by atoms with van der Waals surface area (Å²) in [5.41, 5.74) is 0.957. The normalized spacial score (nSPS) is 20.0. The third-order valence-corrected chi connectivity index (χ3v) is 6.42. The van der Waals surface area contributed by atoms with Crippen molar-refractivity contribution in [3.05, 3.63) is 28.8 Å². The van der Waals surface area contributed by atoms with E-state index in [9.17, 15) is 8.42 Å². The van der Waals surface area contributed by atoms with Crippen LogP contribution in [0, 0.1) is 5.41 Å². The van der Waals surface area contributed by atoms with Gasteiger partial charge in [0.1, 0.15) is 0 Å². The van der Waals surface area contributed by atoms with Crippen LogP contribution in [0.4, 0.5) is 0 Å². The molecule has 0 saturated carbocycles. The first-order valence-electron chi connectivity index (χ1n) is 6.61. The van der Waals surface area contributed by atoms with Crippen LogP contribution in [0.3, 0.4) is 0 Å². The minimum Gasteiger partial charge on any atom is -0.207 e. The second-order valence-electron chi connectivity index (χ2n) is 5.96. The average molecular weight is 336 g/mol. The van der Waals surface area contributed by atoms with E-state index in [1.165, 1.54) is 6.07 Å². The van der Waals surface area contributed by atoms with Gasteiger partial charge < -0.3 is 0 Å². The van der Waals surface area contributed by atoms with Gasteiger partial charge in [-0.05, 0) is 36.0 Å². The Morgan fingerprint density at radius 2 is 1.85 bits per heavy atom. The average Bonchev–Trinajstić information content (AvgIpc) is 2.38. The number of piperidine rings is 1. The Balaban J connectivity index is 2.25. The SMILES string of the molecule is CC1(C)CCN(S(=O)(=O)c2ccc(CCl)c(Cl)c2)CC1. The Kier molecular flexibility index (Phi) is 4.69. The van der Waals surface area contributed by atoms with E-state index in [4.69, 9.17) is 23.2 Å². The van der Waals surface area contributed by atoms with Gasteiger partial charge in [-0.2, -0.15) is 4.31 Å². The van der Waals surface area contributed by atoms with Gasteiger partial charge in [-0.3, -0.25) is 0 Å². The van der Waals surface area contributed by atoms with Crippen LogP contribution in [-0.4, -0.2) is 25.8 Å². The van der Waals surface area contributed by atoms with Gasteiger partial charge in [-0.25, -0.2) is 8.42 Å². The van der Waals surface area contributed by atoms with Crippen LogP contribution < -0.4 is 0 Å². The van der Waals surface area contributed by atoms with Gasteiger partial charge in [0.2, 0.25) is 10.0 Å². The molecule has 1 saturated heterocycles. The van der Waals surface area contributed by atoms with E-state index < -0.39 is 10.0 Å². The highest BCUT2D eigenvalue weighted by atomic mass is 35.5. The van der Waals surface area contributed by atoms with E-state index in [1.54, 1.807) is 16.4 Å². The molecule has 0 bridgehead atoms. The molecule has 1 fully saturated rings. The quantitative estimate of drug-likeness (QED) is 0.786. The topological polar surface area (TPSA) is 37.4 Å². The number of hydrogen-bond donors (Lipinski definition) is 0. The lowest BCUT2D eigenvalue weighted by atomic mass is 9.83. The van der Waals surface area contributed by atoms with E-state index in [-0.39, 0.29) is 16.2 Å². The fourth-order valence-corrected chi connectivity index (χ4v) is 4.36. The van der Waals surface area contributed by atoms with Crippen LogP contribution in [0.15, 0.2) is 23.1 Å². The molecular weight excluding hydrogens is 317 g/mol. The Morgan fingerprint density at radius 3 is 2.35 bits per heavy atom. The molecule has 0 amide bonds. The molecule has 0 unspecified atom stereocenters. The monoisotopic (exact) mass is 335 g/mol. The molecule has 2 rings (SSSR count). The molecule has 0 atom stereocenters. The van der Waals surface area contributed by atoms with E-state index in [0.717, 1.165) is 18.4 Å². The van der Waals surface area contributed by atoms with Gasteiger partial charge in [-0.15, -0.1) is 11.6 Å². The summed E-state index contributed by atoms with van der Waals surface area (Å²) in [5.74, 6) is 0.275. The van der Waals surface area contributed by atoms with Crippen LogP contribution in [0.1, 0.15) is 32.3 Å². The summed E-state index contributed by atoms with van der Waals surface area (Å²) >= 11 is 11.8. The predicted molar refractivity (Wildman–Crippen MR) is 82.8 cm³/mol. The van der Waals surface area contributed by atoms with Crippen molar-refractivity contribution in [1.82, 2.24) is 4.31 Å². The van der Waals surface area contributed by atoms with Crippen LogP contribution in [-0.2, 0) is 15.9 Å². The number of halogens is 2. The summed E-state index contributed by atoms with van der Waals surface area (Å²) in [4.78, 5) is 0.246. The van der Waals surface area contributed by atoms with Gasteiger partial charge in [0.15, 0.2) is 0 Å². The van der Waals surface area contributed by atoms with Crippen molar-refractivity contribution < 1.29 is 8.42 Å². The van der Waals surface area contributed by atoms with Crippen molar-refractivity contribution in [2.45, 2.75) is 37.5 Å². The molecule has 0 aliphatic carbocycles. The van der Waals surface area contributed by atoms with Gasteiger partial charge in [-0.1, -0.05) is 31.5 Å². The molecule has 0 spiro atoms. The molecule has 1 aliphatic heterocycles. The second-order valence-corrected chi connectivity index (χ2v) is 8.57. The number of sulfonamides is 1. The lowest BCUT2D eigenvalue weighted by Gasteiger charge is -2.36. The van der Waals surface area contributed by atoms with E-state index >= 15 is 0 Å². The number of hydrogen-bond acceptors (Lipinski definition) is 2. The van der Waals surface area contributed by atoms with Crippen molar-refractivity contribution >= 4 is 33.2 Å². The standard InChI is InChI=1S/C14H19Cl2NO2S/c1-14(2)5-7-17(8-6-14)20(18,19)12-4-3-11(10-15)13(16)9-12/h3-4,9H,5-8,10H2,1-2H3. The largest absolute Gasteiger partial charge is 0.243 e. The van der Waals surface area contributed by atoms with Gasteiger partial charge in [0, 0.05) is 24.0 Å². The molecule has 1 aromatic rings. The summed E-state index contributed by atoms with van der Waals surface area (Å²) in [5, 5.41) is 0.401. The zero-order chi connectivity index (χ0) is 15.0. The molecule has 0 aromatic heterocycles. The summed E-state index contributed by atoms with van der Waals surface area (Å²) in [6.07, 6.45) is 1.75. The van der Waals surface area contributed by atoms with Crippen molar-refractivity contribution in [2.75, 3.05) is 13.1 Å². The van der Waals surface area contributed by atoms with E-state index in [1.807, 2.05) is 0 Å². The highest BCUT2D eigenvalue weighted by Crippen LogP contribution is 2.33. The first-order valence-corrected chi connectivity index (χ1v) is 8.96. The zero-order valence-corrected chi connectivity index (χ0v) is 14.0. The van der Waals surface area contributed by atoms with Crippen LogP contribution in [0.25, 0.3) is 0 Å². The lowest BCUT2D eigenvalue weighted by molar-refractivity contribution is 0.196. The summed E-state index contributed by atoms with van der Waals surface area (Å²) in [6.45, 7) is 5.46. The molecule has 0 radical (unpaired) electrons. The third kappa shape index (κ3) is 3.30. The molecule has 20 heavy (non-hydrogen) atoms. The first kappa shape index (κ1) is 16.1. The van der Waals surface area contributed by atoms with Crippen LogP contribution >= 0.6 is 23.2 Å². The Morgan fingerprint density at radius 1 is 1.25 bits per heavy atom. The molecule has 1 heterocycles. The molecule has 1 aliphatic rings. The molecular formula is C14H19Cl2NO2S. The number of rotatable bonds is 3. The summed E-state index contributed by atoms with van der Waals surface area (Å²) in [6, 6.07) is 4.75. The number of alkyl halides is 1. The van der Waals surface area contributed by atoms with Crippen molar-refractivity contribution in [1.29, 1.82) is 0 Å². The first-order chi connectivity index (χ1) is 9.26. The van der Waals surface area contributed by atoms with Crippen molar-refractivity contribution in [3.8, 4) is 0 Å². The second kappa shape index (κ2) is 5.84. The molecule has 6 heteroatoms. The van der Waals surface area contributed by atoms with Crippen molar-refractivity contribution in [3.63, 3.8) is 0 Å². The molecule has 0 N–H and O–H groups in total. The van der Waals surface area contributed by atoms with Gasteiger partial charge >= 0.3 is 0 Å². The fraction of sp³-hybridized carbons (Fsp3) is 0.571. The molecule has 1 aromatic carbocycles.